The lowest BCUT2D eigenvalue weighted by Gasteiger charge is -2.31. The molecular formula is C22H31N3O. The van der Waals surface area contributed by atoms with E-state index in [2.05, 4.69) is 52.0 Å². The van der Waals surface area contributed by atoms with Gasteiger partial charge in [-0.15, -0.1) is 0 Å². The molecule has 0 spiro atoms. The summed E-state index contributed by atoms with van der Waals surface area (Å²) >= 11 is 0. The fourth-order valence-electron chi connectivity index (χ4n) is 4.89. The van der Waals surface area contributed by atoms with Crippen LogP contribution in [-0.2, 0) is 17.8 Å². The van der Waals surface area contributed by atoms with Crippen LogP contribution in [0.4, 0.5) is 0 Å². The molecule has 0 saturated carbocycles. The first-order valence-corrected chi connectivity index (χ1v) is 10.4. The number of rotatable bonds is 5. The molecule has 2 aliphatic heterocycles. The molecule has 4 heteroatoms. The highest BCUT2D eigenvalue weighted by atomic mass is 16.2. The van der Waals surface area contributed by atoms with Gasteiger partial charge in [0.25, 0.3) is 0 Å². The molecule has 1 amide bonds. The van der Waals surface area contributed by atoms with Crippen LogP contribution in [0.2, 0.25) is 0 Å². The molecule has 26 heavy (non-hydrogen) atoms. The summed E-state index contributed by atoms with van der Waals surface area (Å²) in [5.74, 6) is 0.670. The normalized spacial score (nSPS) is 21.6. The third-order valence-corrected chi connectivity index (χ3v) is 6.29. The molecule has 2 aromatic rings. The lowest BCUT2D eigenvalue weighted by Crippen LogP contribution is -2.43. The van der Waals surface area contributed by atoms with Crippen molar-refractivity contribution in [1.82, 2.24) is 14.8 Å². The van der Waals surface area contributed by atoms with E-state index in [0.29, 0.717) is 11.9 Å². The lowest BCUT2D eigenvalue weighted by atomic mass is 9.95. The molecular weight excluding hydrogens is 322 g/mol. The van der Waals surface area contributed by atoms with Gasteiger partial charge in [-0.2, -0.15) is 0 Å². The number of piperidine rings is 1. The van der Waals surface area contributed by atoms with Gasteiger partial charge in [-0.05, 0) is 76.1 Å². The summed E-state index contributed by atoms with van der Waals surface area (Å²) in [7, 11) is 0. The Labute approximate surface area is 156 Å². The molecule has 0 aliphatic carbocycles. The third-order valence-electron chi connectivity index (χ3n) is 6.29. The number of carbonyl (C=O) groups excluding carboxylic acids is 1. The van der Waals surface area contributed by atoms with Crippen LogP contribution in [0.3, 0.4) is 0 Å². The van der Waals surface area contributed by atoms with Gasteiger partial charge in [-0.1, -0.05) is 18.2 Å². The summed E-state index contributed by atoms with van der Waals surface area (Å²) in [5.41, 5.74) is 2.74. The van der Waals surface area contributed by atoms with Gasteiger partial charge in [0.15, 0.2) is 0 Å². The number of carbonyl (C=O) groups is 1. The molecule has 2 saturated heterocycles. The van der Waals surface area contributed by atoms with Crippen LogP contribution in [0.15, 0.2) is 30.3 Å². The highest BCUT2D eigenvalue weighted by molar-refractivity contribution is 5.81. The summed E-state index contributed by atoms with van der Waals surface area (Å²) in [6.07, 6.45) is 6.50. The van der Waals surface area contributed by atoms with Crippen molar-refractivity contribution < 1.29 is 4.79 Å². The van der Waals surface area contributed by atoms with E-state index in [9.17, 15) is 4.79 Å². The largest absolute Gasteiger partial charge is 0.345 e. The number of hydrogen-bond donors (Lipinski definition) is 1. The van der Waals surface area contributed by atoms with E-state index < -0.39 is 0 Å². The highest BCUT2D eigenvalue weighted by Crippen LogP contribution is 2.28. The van der Waals surface area contributed by atoms with Crippen LogP contribution >= 0.6 is 0 Å². The number of benzene rings is 1. The maximum atomic E-state index is 13.0. The summed E-state index contributed by atoms with van der Waals surface area (Å²) in [4.78, 5) is 15.2. The van der Waals surface area contributed by atoms with Gasteiger partial charge in [0.1, 0.15) is 0 Å². The minimum absolute atomic E-state index is 0.249. The number of nitrogens with zero attached hydrogens (tertiary/aromatic N) is 2. The van der Waals surface area contributed by atoms with Crippen LogP contribution in [-0.4, -0.2) is 41.1 Å². The van der Waals surface area contributed by atoms with Crippen molar-refractivity contribution >= 4 is 16.8 Å². The van der Waals surface area contributed by atoms with Crippen molar-refractivity contribution in [3.8, 4) is 0 Å². The quantitative estimate of drug-likeness (QED) is 0.892. The molecule has 0 unspecified atom stereocenters. The Morgan fingerprint density at radius 1 is 1.19 bits per heavy atom. The maximum Gasteiger partial charge on any atom is 0.226 e. The number of aromatic nitrogens is 1. The van der Waals surface area contributed by atoms with Gasteiger partial charge in [0.05, 0.1) is 0 Å². The number of nitrogens with one attached hydrogen (secondary N) is 1. The minimum Gasteiger partial charge on any atom is -0.345 e. The zero-order valence-electron chi connectivity index (χ0n) is 15.9. The molecule has 1 atom stereocenters. The number of likely N-dealkylation sites (tertiary alicyclic amines) is 1. The van der Waals surface area contributed by atoms with E-state index in [-0.39, 0.29) is 5.92 Å². The van der Waals surface area contributed by atoms with Crippen molar-refractivity contribution in [2.24, 2.45) is 5.92 Å². The van der Waals surface area contributed by atoms with Crippen molar-refractivity contribution in [2.75, 3.05) is 19.6 Å². The molecule has 2 fully saturated rings. The van der Waals surface area contributed by atoms with Crippen LogP contribution in [0.5, 0.6) is 0 Å². The number of fused-ring (bicyclic) bond motifs is 1. The molecule has 0 radical (unpaired) electrons. The van der Waals surface area contributed by atoms with E-state index in [4.69, 9.17) is 0 Å². The molecule has 1 N–H and O–H groups in total. The second kappa shape index (κ2) is 7.83. The molecule has 4 rings (SSSR count). The predicted octanol–water partition coefficient (Wildman–Crippen LogP) is 3.58. The second-order valence-electron chi connectivity index (χ2n) is 7.83. The maximum absolute atomic E-state index is 13.0. The smallest absolute Gasteiger partial charge is 0.226 e. The highest BCUT2D eigenvalue weighted by Gasteiger charge is 2.33. The lowest BCUT2D eigenvalue weighted by molar-refractivity contribution is -0.137. The molecule has 1 aromatic carbocycles. The third kappa shape index (κ3) is 3.39. The van der Waals surface area contributed by atoms with Crippen LogP contribution in [0, 0.1) is 5.92 Å². The molecule has 1 aromatic heterocycles. The van der Waals surface area contributed by atoms with Crippen LogP contribution in [0.1, 0.15) is 44.7 Å². The first kappa shape index (κ1) is 17.6. The summed E-state index contributed by atoms with van der Waals surface area (Å²) in [6, 6.07) is 11.4. The molecule has 2 aliphatic rings. The number of hydrogen-bond acceptors (Lipinski definition) is 2. The van der Waals surface area contributed by atoms with E-state index in [1.165, 1.54) is 23.0 Å². The van der Waals surface area contributed by atoms with E-state index in [1.807, 2.05) is 0 Å². The van der Waals surface area contributed by atoms with E-state index in [0.717, 1.165) is 58.3 Å². The zero-order chi connectivity index (χ0) is 17.9. The van der Waals surface area contributed by atoms with E-state index >= 15 is 0 Å². The van der Waals surface area contributed by atoms with Gasteiger partial charge < -0.3 is 14.8 Å². The monoisotopic (exact) mass is 353 g/mol. The fraction of sp³-hybridized carbons (Fsp3) is 0.591. The van der Waals surface area contributed by atoms with Gasteiger partial charge in [-0.3, -0.25) is 4.79 Å². The Kier molecular flexibility index (Phi) is 5.30. The van der Waals surface area contributed by atoms with Crippen molar-refractivity contribution in [1.29, 1.82) is 0 Å². The molecule has 140 valence electrons. The van der Waals surface area contributed by atoms with Crippen molar-refractivity contribution in [3.05, 3.63) is 36.0 Å². The molecule has 4 nitrogen and oxygen atoms in total. The van der Waals surface area contributed by atoms with Gasteiger partial charge in [-0.25, -0.2) is 0 Å². The average molecular weight is 354 g/mol. The Morgan fingerprint density at radius 3 is 2.81 bits per heavy atom. The van der Waals surface area contributed by atoms with Crippen molar-refractivity contribution in [3.63, 3.8) is 0 Å². The Morgan fingerprint density at radius 2 is 2.00 bits per heavy atom. The Hall–Kier alpha value is -1.81. The standard InChI is InChI=1S/C22H31N3O/c1-2-24-20(16-18-6-3-4-8-21(18)24)10-9-19-7-5-15-25(19)22(26)17-11-13-23-14-12-17/h3-4,6,8,16-17,19,23H,2,5,7,9-15H2,1H3/t19-/m0/s1. The number of para-hydroxylation sites is 1. The second-order valence-corrected chi connectivity index (χ2v) is 7.83. The minimum atomic E-state index is 0.249. The first-order valence-electron chi connectivity index (χ1n) is 10.4. The molecule has 0 bridgehead atoms. The summed E-state index contributed by atoms with van der Waals surface area (Å²) in [6.45, 7) is 6.17. The number of amides is 1. The fourth-order valence-corrected chi connectivity index (χ4v) is 4.89. The van der Waals surface area contributed by atoms with Gasteiger partial charge >= 0.3 is 0 Å². The molecule has 3 heterocycles. The van der Waals surface area contributed by atoms with Crippen molar-refractivity contribution in [2.45, 2.75) is 58.0 Å². The zero-order valence-corrected chi connectivity index (χ0v) is 15.9. The first-order chi connectivity index (χ1) is 12.8. The van der Waals surface area contributed by atoms with Gasteiger partial charge in [0.2, 0.25) is 5.91 Å². The van der Waals surface area contributed by atoms with Crippen LogP contribution < -0.4 is 5.32 Å². The van der Waals surface area contributed by atoms with E-state index in [1.54, 1.807) is 0 Å². The Balaban J connectivity index is 1.44. The average Bonchev–Trinajstić information content (AvgIpc) is 3.30. The summed E-state index contributed by atoms with van der Waals surface area (Å²) in [5, 5.41) is 4.70. The van der Waals surface area contributed by atoms with Gasteiger partial charge in [0, 0.05) is 36.3 Å². The SMILES string of the molecule is CCn1c(CC[C@@H]2CCCN2C(=O)C2CCNCC2)cc2ccccc21. The summed E-state index contributed by atoms with van der Waals surface area (Å²) < 4.78 is 2.43. The topological polar surface area (TPSA) is 37.3 Å². The Bertz CT molecular complexity index is 760. The van der Waals surface area contributed by atoms with Crippen LogP contribution in [0.25, 0.3) is 10.9 Å². The predicted molar refractivity (Wildman–Crippen MR) is 106 cm³/mol. The number of aryl methyl sites for hydroxylation is 2.